The monoisotopic (exact) mass is 337 g/mol. The maximum atomic E-state index is 9.20. The van der Waals surface area contributed by atoms with E-state index in [1.165, 1.54) is 6.20 Å². The summed E-state index contributed by atoms with van der Waals surface area (Å²) in [5.41, 5.74) is 2.02. The van der Waals surface area contributed by atoms with Gasteiger partial charge in [0.25, 0.3) is 0 Å². The minimum Gasteiger partial charge on any atom is -0.441 e. The van der Waals surface area contributed by atoms with Crippen LogP contribution in [0.1, 0.15) is 17.1 Å². The predicted octanol–water partition coefficient (Wildman–Crippen LogP) is 3.22. The summed E-state index contributed by atoms with van der Waals surface area (Å²) in [6.07, 6.45) is 3.81. The third kappa shape index (κ3) is 2.59. The van der Waals surface area contributed by atoms with Gasteiger partial charge in [0.2, 0.25) is 5.89 Å². The van der Waals surface area contributed by atoms with E-state index in [0.29, 0.717) is 41.9 Å². The number of fused-ring (bicyclic) bond motifs is 1. The molecule has 4 rings (SSSR count). The van der Waals surface area contributed by atoms with Crippen LogP contribution in [0.4, 0.5) is 5.82 Å². The maximum Gasteiger partial charge on any atom is 0.226 e. The number of anilines is 1. The van der Waals surface area contributed by atoms with E-state index in [1.54, 1.807) is 6.20 Å². The second kappa shape index (κ2) is 5.95. The first-order valence-electron chi connectivity index (χ1n) is 7.45. The molecular weight excluding hydrogens is 326 g/mol. The zero-order chi connectivity index (χ0) is 16.5. The lowest BCUT2D eigenvalue weighted by molar-refractivity contribution is 0.498. The summed E-state index contributed by atoms with van der Waals surface area (Å²) in [5.74, 6) is 2.01. The summed E-state index contributed by atoms with van der Waals surface area (Å²) in [6.45, 7) is 1.23. The summed E-state index contributed by atoms with van der Waals surface area (Å²) in [7, 11) is 0. The van der Waals surface area contributed by atoms with Crippen LogP contribution in [0.2, 0.25) is 5.02 Å². The van der Waals surface area contributed by atoms with Gasteiger partial charge in [0, 0.05) is 35.9 Å². The molecule has 0 aliphatic carbocycles. The molecule has 24 heavy (non-hydrogen) atoms. The number of rotatable bonds is 2. The van der Waals surface area contributed by atoms with Crippen LogP contribution >= 0.6 is 11.6 Å². The van der Waals surface area contributed by atoms with E-state index in [9.17, 15) is 5.26 Å². The van der Waals surface area contributed by atoms with Gasteiger partial charge in [-0.2, -0.15) is 5.26 Å². The Hall–Kier alpha value is -2.91. The Morgan fingerprint density at radius 3 is 2.96 bits per heavy atom. The Morgan fingerprint density at radius 2 is 2.12 bits per heavy atom. The number of hydrogen-bond acceptors (Lipinski definition) is 6. The van der Waals surface area contributed by atoms with Crippen LogP contribution in [0.15, 0.2) is 41.1 Å². The first-order chi connectivity index (χ1) is 11.7. The van der Waals surface area contributed by atoms with Crippen LogP contribution in [0.5, 0.6) is 0 Å². The molecule has 0 spiro atoms. The van der Waals surface area contributed by atoms with Crippen molar-refractivity contribution in [3.63, 3.8) is 0 Å². The van der Waals surface area contributed by atoms with E-state index in [1.807, 2.05) is 29.2 Å². The molecule has 0 bridgehead atoms. The van der Waals surface area contributed by atoms with E-state index in [0.717, 1.165) is 17.0 Å². The lowest BCUT2D eigenvalue weighted by atomic mass is 10.1. The van der Waals surface area contributed by atoms with E-state index in [2.05, 4.69) is 21.0 Å². The van der Waals surface area contributed by atoms with Gasteiger partial charge in [0.05, 0.1) is 6.54 Å². The molecule has 0 unspecified atom stereocenters. The molecule has 0 amide bonds. The van der Waals surface area contributed by atoms with Crippen molar-refractivity contribution in [2.24, 2.45) is 0 Å². The molecule has 1 aromatic carbocycles. The first kappa shape index (κ1) is 14.7. The molecule has 1 aliphatic heterocycles. The smallest absolute Gasteiger partial charge is 0.226 e. The number of benzene rings is 1. The van der Waals surface area contributed by atoms with Gasteiger partial charge in [-0.05, 0) is 18.2 Å². The van der Waals surface area contributed by atoms with Gasteiger partial charge in [-0.25, -0.2) is 15.0 Å². The average Bonchev–Trinajstić information content (AvgIpc) is 3.05. The van der Waals surface area contributed by atoms with Gasteiger partial charge in [-0.1, -0.05) is 17.7 Å². The quantitative estimate of drug-likeness (QED) is 0.714. The average molecular weight is 338 g/mol. The Kier molecular flexibility index (Phi) is 3.63. The fourth-order valence-electron chi connectivity index (χ4n) is 2.77. The normalized spacial score (nSPS) is 13.4. The highest BCUT2D eigenvalue weighted by molar-refractivity contribution is 6.30. The van der Waals surface area contributed by atoms with Crippen molar-refractivity contribution >= 4 is 17.4 Å². The minimum absolute atomic E-state index is 0.319. The molecule has 3 aromatic rings. The van der Waals surface area contributed by atoms with E-state index in [-0.39, 0.29) is 0 Å². The standard InChI is InChI=1S/C17H12ClN5O/c18-12-3-1-2-11(8-12)17-22-14-10-23(7-4-15(14)24-17)16-13(9-19)20-5-6-21-16/h1-3,5-6,8H,4,7,10H2. The highest BCUT2D eigenvalue weighted by Crippen LogP contribution is 2.29. The Balaban J connectivity index is 1.66. The molecule has 0 N–H and O–H groups in total. The molecule has 2 aromatic heterocycles. The molecule has 1 aliphatic rings. The third-order valence-corrected chi connectivity index (χ3v) is 4.12. The summed E-state index contributed by atoms with van der Waals surface area (Å²) in [5, 5.41) is 9.84. The fourth-order valence-corrected chi connectivity index (χ4v) is 2.96. The molecule has 0 saturated heterocycles. The Labute approximate surface area is 143 Å². The molecule has 0 radical (unpaired) electrons. The van der Waals surface area contributed by atoms with Crippen molar-refractivity contribution in [2.75, 3.05) is 11.4 Å². The van der Waals surface area contributed by atoms with Crippen LogP contribution in [0.3, 0.4) is 0 Å². The lowest BCUT2D eigenvalue weighted by Gasteiger charge is -2.26. The summed E-state index contributed by atoms with van der Waals surface area (Å²) in [4.78, 5) is 14.9. The molecule has 7 heteroatoms. The van der Waals surface area contributed by atoms with Gasteiger partial charge < -0.3 is 9.32 Å². The Bertz CT molecular complexity index is 946. The van der Waals surface area contributed by atoms with Crippen LogP contribution in [0.25, 0.3) is 11.5 Å². The molecule has 6 nitrogen and oxygen atoms in total. The van der Waals surface area contributed by atoms with Gasteiger partial charge >= 0.3 is 0 Å². The van der Waals surface area contributed by atoms with Crippen LogP contribution < -0.4 is 4.90 Å². The summed E-state index contributed by atoms with van der Waals surface area (Å²) in [6, 6.07) is 9.50. The summed E-state index contributed by atoms with van der Waals surface area (Å²) < 4.78 is 5.89. The second-order valence-electron chi connectivity index (χ2n) is 5.41. The largest absolute Gasteiger partial charge is 0.441 e. The second-order valence-corrected chi connectivity index (χ2v) is 5.85. The number of hydrogen-bond donors (Lipinski definition) is 0. The minimum atomic E-state index is 0.319. The molecule has 118 valence electrons. The predicted molar refractivity (Wildman–Crippen MR) is 88.5 cm³/mol. The van der Waals surface area contributed by atoms with Crippen molar-refractivity contribution in [1.82, 2.24) is 15.0 Å². The van der Waals surface area contributed by atoms with Crippen LogP contribution in [0, 0.1) is 11.3 Å². The molecule has 3 heterocycles. The lowest BCUT2D eigenvalue weighted by Crippen LogP contribution is -2.31. The van der Waals surface area contributed by atoms with Gasteiger partial charge in [-0.3, -0.25) is 0 Å². The zero-order valence-electron chi connectivity index (χ0n) is 12.6. The van der Waals surface area contributed by atoms with E-state index < -0.39 is 0 Å². The number of nitrogens with zero attached hydrogens (tertiary/aromatic N) is 5. The number of aromatic nitrogens is 3. The van der Waals surface area contributed by atoms with Gasteiger partial charge in [0.1, 0.15) is 17.5 Å². The van der Waals surface area contributed by atoms with Crippen molar-refractivity contribution in [1.29, 1.82) is 5.26 Å². The fraction of sp³-hybridized carbons (Fsp3) is 0.176. The zero-order valence-corrected chi connectivity index (χ0v) is 13.4. The topological polar surface area (TPSA) is 78.8 Å². The number of oxazole rings is 1. The molecule has 0 saturated carbocycles. The van der Waals surface area contributed by atoms with E-state index >= 15 is 0 Å². The van der Waals surface area contributed by atoms with Crippen LogP contribution in [-0.2, 0) is 13.0 Å². The third-order valence-electron chi connectivity index (χ3n) is 3.88. The van der Waals surface area contributed by atoms with E-state index in [4.69, 9.17) is 16.0 Å². The van der Waals surface area contributed by atoms with Gasteiger partial charge in [0.15, 0.2) is 11.5 Å². The van der Waals surface area contributed by atoms with Crippen molar-refractivity contribution < 1.29 is 4.42 Å². The maximum absolute atomic E-state index is 9.20. The Morgan fingerprint density at radius 1 is 1.25 bits per heavy atom. The highest BCUT2D eigenvalue weighted by Gasteiger charge is 2.25. The SMILES string of the molecule is N#Cc1nccnc1N1CCc2oc(-c3cccc(Cl)c3)nc2C1. The van der Waals surface area contributed by atoms with Crippen molar-refractivity contribution in [3.05, 3.63) is 58.8 Å². The summed E-state index contributed by atoms with van der Waals surface area (Å²) >= 11 is 6.03. The number of nitriles is 1. The molecule has 0 atom stereocenters. The van der Waals surface area contributed by atoms with Crippen molar-refractivity contribution in [2.45, 2.75) is 13.0 Å². The van der Waals surface area contributed by atoms with Crippen molar-refractivity contribution in [3.8, 4) is 17.5 Å². The molecule has 0 fully saturated rings. The van der Waals surface area contributed by atoms with Gasteiger partial charge in [-0.15, -0.1) is 0 Å². The number of halogens is 1. The highest BCUT2D eigenvalue weighted by atomic mass is 35.5. The van der Waals surface area contributed by atoms with Crippen LogP contribution in [-0.4, -0.2) is 21.5 Å². The first-order valence-corrected chi connectivity index (χ1v) is 7.83. The molecular formula is C17H12ClN5O.